The van der Waals surface area contributed by atoms with E-state index in [-0.39, 0.29) is 0 Å². The number of aromatic nitrogens is 1. The van der Waals surface area contributed by atoms with Gasteiger partial charge in [0.2, 0.25) is 0 Å². The third-order valence-corrected chi connectivity index (χ3v) is 3.32. The molecular weight excluding hydrogens is 313 g/mol. The molecule has 16 heavy (non-hydrogen) atoms. The number of ether oxygens (including phenoxy) is 1. The van der Waals surface area contributed by atoms with Gasteiger partial charge in [-0.05, 0) is 41.0 Å². The molecule has 90 valence electrons. The van der Waals surface area contributed by atoms with E-state index in [0.717, 1.165) is 16.1 Å². The van der Waals surface area contributed by atoms with E-state index in [2.05, 4.69) is 41.4 Å². The van der Waals surface area contributed by atoms with E-state index in [4.69, 9.17) is 4.74 Å². The van der Waals surface area contributed by atoms with Crippen LogP contribution in [0.1, 0.15) is 39.5 Å². The van der Waals surface area contributed by atoms with Crippen LogP contribution >= 0.6 is 22.6 Å². The highest BCUT2D eigenvalue weighted by molar-refractivity contribution is 14.1. The lowest BCUT2D eigenvalue weighted by atomic mass is 10.0. The van der Waals surface area contributed by atoms with Crippen molar-refractivity contribution in [3.05, 3.63) is 22.0 Å². The molecule has 0 saturated heterocycles. The Morgan fingerprint density at radius 3 is 2.88 bits per heavy atom. The molecule has 0 radical (unpaired) electrons. The number of nitrogens with zero attached hydrogens (tertiary/aromatic N) is 1. The summed E-state index contributed by atoms with van der Waals surface area (Å²) >= 11 is 2.20. The number of hydrogen-bond acceptors (Lipinski definition) is 2. The highest BCUT2D eigenvalue weighted by atomic mass is 127. The average molecular weight is 333 g/mol. The molecule has 1 heterocycles. The molecule has 0 aromatic carbocycles. The van der Waals surface area contributed by atoms with Gasteiger partial charge in [-0.15, -0.1) is 0 Å². The van der Waals surface area contributed by atoms with Gasteiger partial charge >= 0.3 is 0 Å². The van der Waals surface area contributed by atoms with Gasteiger partial charge in [0.15, 0.2) is 0 Å². The van der Waals surface area contributed by atoms with Crippen LogP contribution in [0.5, 0.6) is 5.75 Å². The van der Waals surface area contributed by atoms with Crippen molar-refractivity contribution in [1.29, 1.82) is 0 Å². The van der Waals surface area contributed by atoms with Gasteiger partial charge in [-0.2, -0.15) is 0 Å². The van der Waals surface area contributed by atoms with Gasteiger partial charge < -0.3 is 4.74 Å². The first kappa shape index (κ1) is 13.7. The van der Waals surface area contributed by atoms with E-state index in [9.17, 15) is 0 Å². The Hall–Kier alpha value is -0.320. The molecule has 2 nitrogen and oxygen atoms in total. The normalized spacial score (nSPS) is 12.4. The summed E-state index contributed by atoms with van der Waals surface area (Å²) in [5, 5.41) is 0. The largest absolute Gasteiger partial charge is 0.493 e. The summed E-state index contributed by atoms with van der Waals surface area (Å²) < 4.78 is 6.78. The topological polar surface area (TPSA) is 22.1 Å². The summed E-state index contributed by atoms with van der Waals surface area (Å²) in [6.07, 6.45) is 6.83. The molecule has 1 aromatic heterocycles. The molecule has 0 N–H and O–H groups in total. The van der Waals surface area contributed by atoms with E-state index >= 15 is 0 Å². The Bertz CT molecular complexity index is 304. The minimum Gasteiger partial charge on any atom is -0.493 e. The fourth-order valence-electron chi connectivity index (χ4n) is 1.59. The summed E-state index contributed by atoms with van der Waals surface area (Å²) in [4.78, 5) is 4.14. The standard InChI is InChI=1S/C13H20INO/c1-3-5-6-11(4-2)10-16-12-7-8-15-13(14)9-12/h7-9,11H,3-6,10H2,1-2H3/t11-/m1/s1. The fraction of sp³-hybridized carbons (Fsp3) is 0.615. The molecule has 1 aromatic rings. The third-order valence-electron chi connectivity index (χ3n) is 2.73. The van der Waals surface area contributed by atoms with Crippen molar-refractivity contribution in [1.82, 2.24) is 4.98 Å². The summed E-state index contributed by atoms with van der Waals surface area (Å²) in [6, 6.07) is 3.90. The Kier molecular flexibility index (Phi) is 6.76. The van der Waals surface area contributed by atoms with Crippen LogP contribution in [-0.4, -0.2) is 11.6 Å². The lowest BCUT2D eigenvalue weighted by molar-refractivity contribution is 0.233. The molecular formula is C13H20INO. The summed E-state index contributed by atoms with van der Waals surface area (Å²) in [6.45, 7) is 5.30. The van der Waals surface area contributed by atoms with Crippen molar-refractivity contribution in [2.45, 2.75) is 39.5 Å². The van der Waals surface area contributed by atoms with Crippen molar-refractivity contribution < 1.29 is 4.74 Å². The van der Waals surface area contributed by atoms with Gasteiger partial charge in [0.25, 0.3) is 0 Å². The van der Waals surface area contributed by atoms with E-state index in [1.807, 2.05) is 12.1 Å². The second kappa shape index (κ2) is 7.87. The number of rotatable bonds is 7. The van der Waals surface area contributed by atoms with E-state index in [1.165, 1.54) is 25.7 Å². The van der Waals surface area contributed by atoms with Crippen LogP contribution in [-0.2, 0) is 0 Å². The zero-order chi connectivity index (χ0) is 11.8. The van der Waals surface area contributed by atoms with Crippen molar-refractivity contribution >= 4 is 22.6 Å². The molecule has 0 bridgehead atoms. The van der Waals surface area contributed by atoms with Gasteiger partial charge in [-0.1, -0.05) is 33.1 Å². The van der Waals surface area contributed by atoms with Crippen molar-refractivity contribution in [2.24, 2.45) is 5.92 Å². The highest BCUT2D eigenvalue weighted by Crippen LogP contribution is 2.17. The maximum Gasteiger partial charge on any atom is 0.123 e. The summed E-state index contributed by atoms with van der Waals surface area (Å²) in [5.74, 6) is 1.63. The lowest BCUT2D eigenvalue weighted by Gasteiger charge is -2.15. The molecule has 0 aliphatic heterocycles. The number of pyridine rings is 1. The number of hydrogen-bond donors (Lipinski definition) is 0. The Balaban J connectivity index is 2.37. The predicted molar refractivity (Wildman–Crippen MR) is 75.8 cm³/mol. The van der Waals surface area contributed by atoms with Crippen LogP contribution in [0.15, 0.2) is 18.3 Å². The SMILES string of the molecule is CCCC[C@@H](CC)COc1ccnc(I)c1. The van der Waals surface area contributed by atoms with Crippen LogP contribution in [0.4, 0.5) is 0 Å². The second-order valence-electron chi connectivity index (χ2n) is 4.04. The van der Waals surface area contributed by atoms with Crippen LogP contribution in [0.25, 0.3) is 0 Å². The molecule has 0 saturated carbocycles. The van der Waals surface area contributed by atoms with Gasteiger partial charge in [-0.3, -0.25) is 4.98 Å². The maximum atomic E-state index is 5.79. The van der Waals surface area contributed by atoms with Crippen LogP contribution in [0.2, 0.25) is 0 Å². The maximum absolute atomic E-state index is 5.79. The zero-order valence-electron chi connectivity index (χ0n) is 10.1. The highest BCUT2D eigenvalue weighted by Gasteiger charge is 2.06. The quantitative estimate of drug-likeness (QED) is 0.549. The minimum atomic E-state index is 0.686. The van der Waals surface area contributed by atoms with E-state index in [1.54, 1.807) is 6.20 Å². The monoisotopic (exact) mass is 333 g/mol. The molecule has 0 amide bonds. The molecule has 3 heteroatoms. The Morgan fingerprint density at radius 1 is 1.44 bits per heavy atom. The predicted octanol–water partition coefficient (Wildman–Crippen LogP) is 4.28. The third kappa shape index (κ3) is 5.14. The molecule has 0 unspecified atom stereocenters. The van der Waals surface area contributed by atoms with Crippen molar-refractivity contribution in [3.8, 4) is 5.75 Å². The minimum absolute atomic E-state index is 0.686. The van der Waals surface area contributed by atoms with Gasteiger partial charge in [0.1, 0.15) is 9.45 Å². The average Bonchev–Trinajstić information content (AvgIpc) is 2.29. The molecule has 0 aliphatic rings. The summed E-state index contributed by atoms with van der Waals surface area (Å²) in [5.41, 5.74) is 0. The van der Waals surface area contributed by atoms with Crippen LogP contribution in [0, 0.1) is 9.62 Å². The molecule has 0 spiro atoms. The van der Waals surface area contributed by atoms with Crippen molar-refractivity contribution in [3.63, 3.8) is 0 Å². The fourth-order valence-corrected chi connectivity index (χ4v) is 2.05. The van der Waals surface area contributed by atoms with E-state index < -0.39 is 0 Å². The van der Waals surface area contributed by atoms with Gasteiger partial charge in [-0.25, -0.2) is 0 Å². The van der Waals surface area contributed by atoms with Gasteiger partial charge in [0.05, 0.1) is 6.61 Å². The Labute approximate surface area is 112 Å². The molecule has 0 aliphatic carbocycles. The Morgan fingerprint density at radius 2 is 2.25 bits per heavy atom. The molecule has 1 rings (SSSR count). The smallest absolute Gasteiger partial charge is 0.123 e. The van der Waals surface area contributed by atoms with Crippen molar-refractivity contribution in [2.75, 3.05) is 6.61 Å². The first-order valence-corrected chi connectivity index (χ1v) is 7.08. The van der Waals surface area contributed by atoms with Crippen LogP contribution < -0.4 is 4.74 Å². The second-order valence-corrected chi connectivity index (χ2v) is 5.15. The molecule has 1 atom stereocenters. The molecule has 0 fully saturated rings. The summed E-state index contributed by atoms with van der Waals surface area (Å²) in [7, 11) is 0. The first-order valence-electron chi connectivity index (χ1n) is 6.00. The lowest BCUT2D eigenvalue weighted by Crippen LogP contribution is -2.11. The van der Waals surface area contributed by atoms with Crippen LogP contribution in [0.3, 0.4) is 0 Å². The number of unbranched alkanes of at least 4 members (excludes halogenated alkanes) is 1. The zero-order valence-corrected chi connectivity index (χ0v) is 12.2. The van der Waals surface area contributed by atoms with Gasteiger partial charge in [0, 0.05) is 12.3 Å². The van der Waals surface area contributed by atoms with E-state index in [0.29, 0.717) is 5.92 Å². The number of halogens is 1. The first-order chi connectivity index (χ1) is 7.76.